The average Bonchev–Trinajstić information content (AvgIpc) is 2.53. The topological polar surface area (TPSA) is 28.4 Å². The van der Waals surface area contributed by atoms with Gasteiger partial charge < -0.3 is 9.73 Å². The third-order valence-corrected chi connectivity index (χ3v) is 2.98. The molecule has 0 atom stereocenters. The van der Waals surface area contributed by atoms with Crippen molar-refractivity contribution in [3.05, 3.63) is 23.2 Å². The molecule has 0 amide bonds. The molecule has 0 fully saturated rings. The van der Waals surface area contributed by atoms with Gasteiger partial charge in [0.1, 0.15) is 11.5 Å². The van der Waals surface area contributed by atoms with Gasteiger partial charge in [0.05, 0.1) is 6.54 Å². The Balaban J connectivity index is 2.58. The van der Waals surface area contributed by atoms with Crippen molar-refractivity contribution in [1.82, 2.24) is 10.2 Å². The monoisotopic (exact) mass is 266 g/mol. The lowest BCUT2D eigenvalue weighted by Gasteiger charge is -2.20. The second kappa shape index (κ2) is 6.58. The first kappa shape index (κ1) is 16.3. The van der Waals surface area contributed by atoms with Crippen LogP contribution in [0.2, 0.25) is 0 Å². The number of rotatable bonds is 6. The average molecular weight is 266 g/mol. The van der Waals surface area contributed by atoms with Gasteiger partial charge in [-0.05, 0) is 46.7 Å². The molecule has 0 aliphatic carbocycles. The van der Waals surface area contributed by atoms with Gasteiger partial charge in [-0.15, -0.1) is 0 Å². The number of furan rings is 1. The fraction of sp³-hybridized carbons (Fsp3) is 0.750. The van der Waals surface area contributed by atoms with Crippen LogP contribution < -0.4 is 5.32 Å². The van der Waals surface area contributed by atoms with E-state index in [1.54, 1.807) is 0 Å². The Labute approximate surface area is 118 Å². The van der Waals surface area contributed by atoms with E-state index in [0.717, 1.165) is 31.2 Å². The Morgan fingerprint density at radius 3 is 2.47 bits per heavy atom. The summed E-state index contributed by atoms with van der Waals surface area (Å²) in [5.74, 6) is 2.78. The second-order valence-electron chi connectivity index (χ2n) is 6.99. The van der Waals surface area contributed by atoms with Gasteiger partial charge in [0.15, 0.2) is 0 Å². The summed E-state index contributed by atoms with van der Waals surface area (Å²) in [6.45, 7) is 15.9. The van der Waals surface area contributed by atoms with E-state index in [4.69, 9.17) is 4.42 Å². The first-order chi connectivity index (χ1) is 8.67. The van der Waals surface area contributed by atoms with Gasteiger partial charge in [-0.1, -0.05) is 13.8 Å². The van der Waals surface area contributed by atoms with E-state index in [2.05, 4.69) is 57.9 Å². The maximum absolute atomic E-state index is 5.85. The molecule has 0 aromatic carbocycles. The maximum atomic E-state index is 5.85. The predicted octanol–water partition coefficient (Wildman–Crippen LogP) is 3.56. The first-order valence-electron chi connectivity index (χ1n) is 7.19. The van der Waals surface area contributed by atoms with Crippen molar-refractivity contribution in [3.8, 4) is 0 Å². The Bertz CT molecular complexity index is 388. The minimum Gasteiger partial charge on any atom is -0.465 e. The number of nitrogens with zero attached hydrogens (tertiary/aromatic N) is 1. The molecule has 0 aliphatic rings. The van der Waals surface area contributed by atoms with E-state index in [1.165, 1.54) is 5.56 Å². The Hall–Kier alpha value is -0.800. The molecule has 3 heteroatoms. The third-order valence-electron chi connectivity index (χ3n) is 2.98. The highest BCUT2D eigenvalue weighted by molar-refractivity contribution is 5.20. The molecule has 1 N–H and O–H groups in total. The van der Waals surface area contributed by atoms with Crippen LogP contribution in [0, 0.1) is 12.8 Å². The molecule has 0 saturated heterocycles. The molecule has 1 aromatic rings. The molecule has 0 unspecified atom stereocenters. The predicted molar refractivity (Wildman–Crippen MR) is 81.2 cm³/mol. The minimum absolute atomic E-state index is 0.137. The first-order valence-corrected chi connectivity index (χ1v) is 7.19. The summed E-state index contributed by atoms with van der Waals surface area (Å²) < 4.78 is 5.85. The normalized spacial score (nSPS) is 12.7. The summed E-state index contributed by atoms with van der Waals surface area (Å²) in [6.07, 6.45) is 0. The van der Waals surface area contributed by atoms with Gasteiger partial charge in [-0.2, -0.15) is 0 Å². The van der Waals surface area contributed by atoms with Crippen LogP contribution in [-0.4, -0.2) is 24.0 Å². The van der Waals surface area contributed by atoms with Gasteiger partial charge in [0, 0.05) is 24.2 Å². The molecule has 19 heavy (non-hydrogen) atoms. The van der Waals surface area contributed by atoms with E-state index in [0.29, 0.717) is 5.92 Å². The Morgan fingerprint density at radius 2 is 1.95 bits per heavy atom. The van der Waals surface area contributed by atoms with Crippen molar-refractivity contribution < 1.29 is 4.42 Å². The quantitative estimate of drug-likeness (QED) is 0.853. The number of hydrogen-bond donors (Lipinski definition) is 1. The van der Waals surface area contributed by atoms with Crippen LogP contribution in [-0.2, 0) is 13.1 Å². The molecule has 0 aliphatic heterocycles. The molecule has 0 saturated carbocycles. The number of hydrogen-bond acceptors (Lipinski definition) is 3. The molecule has 1 heterocycles. The van der Waals surface area contributed by atoms with Crippen LogP contribution in [0.1, 0.15) is 51.7 Å². The summed E-state index contributed by atoms with van der Waals surface area (Å²) in [5.41, 5.74) is 1.40. The van der Waals surface area contributed by atoms with Crippen molar-refractivity contribution in [2.24, 2.45) is 5.92 Å². The summed E-state index contributed by atoms with van der Waals surface area (Å²) in [4.78, 5) is 2.31. The van der Waals surface area contributed by atoms with Crippen LogP contribution in [0.3, 0.4) is 0 Å². The number of aryl methyl sites for hydroxylation is 1. The van der Waals surface area contributed by atoms with E-state index in [9.17, 15) is 0 Å². The Kier molecular flexibility index (Phi) is 5.63. The van der Waals surface area contributed by atoms with E-state index in [1.807, 2.05) is 6.92 Å². The van der Waals surface area contributed by atoms with Crippen molar-refractivity contribution in [1.29, 1.82) is 0 Å². The Morgan fingerprint density at radius 1 is 1.32 bits per heavy atom. The van der Waals surface area contributed by atoms with E-state index in [-0.39, 0.29) is 5.54 Å². The van der Waals surface area contributed by atoms with Crippen molar-refractivity contribution in [3.63, 3.8) is 0 Å². The molecule has 110 valence electrons. The molecule has 3 nitrogen and oxygen atoms in total. The molecule has 1 aromatic heterocycles. The number of nitrogens with one attached hydrogen (secondary N) is 1. The largest absolute Gasteiger partial charge is 0.465 e. The van der Waals surface area contributed by atoms with Crippen molar-refractivity contribution in [2.75, 3.05) is 13.6 Å². The summed E-state index contributed by atoms with van der Waals surface area (Å²) >= 11 is 0. The van der Waals surface area contributed by atoms with Gasteiger partial charge >= 0.3 is 0 Å². The molecule has 0 bridgehead atoms. The summed E-state index contributed by atoms with van der Waals surface area (Å²) in [5, 5.41) is 3.50. The van der Waals surface area contributed by atoms with Crippen LogP contribution in [0.5, 0.6) is 0 Å². The van der Waals surface area contributed by atoms with Crippen LogP contribution in [0.15, 0.2) is 10.5 Å². The molecule has 1 rings (SSSR count). The lowest BCUT2D eigenvalue weighted by atomic mass is 10.1. The third kappa shape index (κ3) is 6.26. The van der Waals surface area contributed by atoms with Crippen molar-refractivity contribution in [2.45, 2.75) is 60.2 Å². The highest BCUT2D eigenvalue weighted by atomic mass is 16.3. The fourth-order valence-electron chi connectivity index (χ4n) is 2.16. The summed E-state index contributed by atoms with van der Waals surface area (Å²) in [6, 6.07) is 2.19. The molecule has 0 spiro atoms. The van der Waals surface area contributed by atoms with E-state index >= 15 is 0 Å². The van der Waals surface area contributed by atoms with Gasteiger partial charge in [-0.3, -0.25) is 4.90 Å². The van der Waals surface area contributed by atoms with Crippen LogP contribution in [0.4, 0.5) is 0 Å². The van der Waals surface area contributed by atoms with Gasteiger partial charge in [0.2, 0.25) is 0 Å². The lowest BCUT2D eigenvalue weighted by Crippen LogP contribution is -2.35. The fourth-order valence-corrected chi connectivity index (χ4v) is 2.16. The zero-order chi connectivity index (χ0) is 14.6. The highest BCUT2D eigenvalue weighted by Crippen LogP contribution is 2.17. The van der Waals surface area contributed by atoms with E-state index < -0.39 is 0 Å². The SMILES string of the molecule is Cc1oc(CN(C)CC(C)C)cc1CNC(C)(C)C. The lowest BCUT2D eigenvalue weighted by molar-refractivity contribution is 0.263. The standard InChI is InChI=1S/C16H30N2O/c1-12(2)10-18(7)11-15-8-14(13(3)19-15)9-17-16(4,5)6/h8,12,17H,9-11H2,1-7H3. The summed E-state index contributed by atoms with van der Waals surface area (Å²) in [7, 11) is 2.14. The van der Waals surface area contributed by atoms with Gasteiger partial charge in [-0.25, -0.2) is 0 Å². The van der Waals surface area contributed by atoms with Crippen LogP contribution in [0.25, 0.3) is 0 Å². The second-order valence-corrected chi connectivity index (χ2v) is 6.99. The maximum Gasteiger partial charge on any atom is 0.118 e. The minimum atomic E-state index is 0.137. The highest BCUT2D eigenvalue weighted by Gasteiger charge is 2.13. The smallest absolute Gasteiger partial charge is 0.118 e. The zero-order valence-electron chi connectivity index (χ0n) is 13.6. The zero-order valence-corrected chi connectivity index (χ0v) is 13.6. The molecule has 0 radical (unpaired) electrons. The van der Waals surface area contributed by atoms with Crippen LogP contribution >= 0.6 is 0 Å². The van der Waals surface area contributed by atoms with Crippen molar-refractivity contribution >= 4 is 0 Å². The van der Waals surface area contributed by atoms with Gasteiger partial charge in [0.25, 0.3) is 0 Å². The molecular formula is C16H30N2O. The molecular weight excluding hydrogens is 236 g/mol.